The number of aryl methyl sites for hydroxylation is 1. The van der Waals surface area contributed by atoms with Gasteiger partial charge in [-0.1, -0.05) is 0 Å². The minimum absolute atomic E-state index is 0.0104. The Balaban J connectivity index is 1.99. The molecule has 0 radical (unpaired) electrons. The van der Waals surface area contributed by atoms with Gasteiger partial charge in [0.25, 0.3) is 0 Å². The highest BCUT2D eigenvalue weighted by molar-refractivity contribution is 5.97. The molecule has 130 valence electrons. The number of nitrogens with zero attached hydrogens (tertiary/aromatic N) is 5. The summed E-state index contributed by atoms with van der Waals surface area (Å²) in [6.07, 6.45) is 2.83. The third kappa shape index (κ3) is 2.44. The van der Waals surface area contributed by atoms with Crippen molar-refractivity contribution in [2.45, 2.75) is 6.92 Å². The van der Waals surface area contributed by atoms with Crippen LogP contribution in [0.15, 0.2) is 51.8 Å². The van der Waals surface area contributed by atoms with Gasteiger partial charge < -0.3 is 4.42 Å². The van der Waals surface area contributed by atoms with E-state index in [1.54, 1.807) is 17.9 Å². The number of aromatic nitrogens is 3. The smallest absolute Gasteiger partial charge is 0.306 e. The Hall–Kier alpha value is -3.82. The van der Waals surface area contributed by atoms with E-state index in [0.717, 1.165) is 0 Å². The van der Waals surface area contributed by atoms with Crippen molar-refractivity contribution in [2.24, 2.45) is 0 Å². The maximum Gasteiger partial charge on any atom is 0.306 e. The second-order valence-electron chi connectivity index (χ2n) is 5.40. The summed E-state index contributed by atoms with van der Waals surface area (Å²) in [5, 5.41) is 18.6. The second kappa shape index (κ2) is 5.92. The topological polar surface area (TPSA) is 111 Å². The molecule has 2 aromatic carbocycles. The molecule has 2 heterocycles. The van der Waals surface area contributed by atoms with Gasteiger partial charge in [-0.25, -0.2) is 14.0 Å². The number of hydrogen-bond acceptors (Lipinski definition) is 8. The van der Waals surface area contributed by atoms with Gasteiger partial charge in [0.1, 0.15) is 12.1 Å². The molecule has 0 spiro atoms. The predicted molar refractivity (Wildman–Crippen MR) is 87.9 cm³/mol. The first-order valence-electron chi connectivity index (χ1n) is 7.41. The summed E-state index contributed by atoms with van der Waals surface area (Å²) >= 11 is 0. The lowest BCUT2D eigenvalue weighted by atomic mass is 10.1. The van der Waals surface area contributed by atoms with E-state index >= 15 is 0 Å². The van der Waals surface area contributed by atoms with Gasteiger partial charge in [-0.3, -0.25) is 15.0 Å². The van der Waals surface area contributed by atoms with Crippen molar-refractivity contribution >= 4 is 34.1 Å². The summed E-state index contributed by atoms with van der Waals surface area (Å²) in [7, 11) is 0. The first kappa shape index (κ1) is 15.7. The highest BCUT2D eigenvalue weighted by atomic mass is 19.1. The monoisotopic (exact) mass is 355 g/mol. The number of fused-ring (bicyclic) bond motifs is 1. The highest BCUT2D eigenvalue weighted by Crippen LogP contribution is 2.40. The van der Waals surface area contributed by atoms with Gasteiger partial charge in [0.2, 0.25) is 5.52 Å². The van der Waals surface area contributed by atoms with Crippen LogP contribution in [0.2, 0.25) is 0 Å². The van der Waals surface area contributed by atoms with Gasteiger partial charge in [-0.2, -0.15) is 0 Å². The SMILES string of the molecule is Cc1cc(F)ccc1N(c1ncco1)c1ccc([N+](=O)[O-])c2nonc12. The molecule has 9 nitrogen and oxygen atoms in total. The van der Waals surface area contributed by atoms with Gasteiger partial charge in [0, 0.05) is 6.07 Å². The van der Waals surface area contributed by atoms with Crippen molar-refractivity contribution in [3.05, 3.63) is 64.3 Å². The van der Waals surface area contributed by atoms with Crippen LogP contribution in [-0.2, 0) is 0 Å². The Morgan fingerprint density at radius 3 is 2.62 bits per heavy atom. The van der Waals surface area contributed by atoms with Gasteiger partial charge in [0.15, 0.2) is 5.52 Å². The normalized spacial score (nSPS) is 11.0. The van der Waals surface area contributed by atoms with Gasteiger partial charge in [-0.05, 0) is 47.1 Å². The molecule has 0 bridgehead atoms. The third-order valence-electron chi connectivity index (χ3n) is 3.82. The number of oxazole rings is 1. The van der Waals surface area contributed by atoms with Crippen molar-refractivity contribution in [3.8, 4) is 0 Å². The van der Waals surface area contributed by atoms with E-state index in [9.17, 15) is 14.5 Å². The molecule has 0 N–H and O–H groups in total. The number of halogens is 1. The third-order valence-corrected chi connectivity index (χ3v) is 3.82. The van der Waals surface area contributed by atoms with E-state index in [2.05, 4.69) is 15.3 Å². The lowest BCUT2D eigenvalue weighted by Crippen LogP contribution is -2.12. The summed E-state index contributed by atoms with van der Waals surface area (Å²) in [4.78, 5) is 16.3. The number of nitro groups is 1. The zero-order chi connectivity index (χ0) is 18.3. The minimum Gasteiger partial charge on any atom is -0.432 e. The van der Waals surface area contributed by atoms with Crippen LogP contribution < -0.4 is 4.90 Å². The zero-order valence-electron chi connectivity index (χ0n) is 13.3. The van der Waals surface area contributed by atoms with Gasteiger partial charge >= 0.3 is 11.7 Å². The van der Waals surface area contributed by atoms with Gasteiger partial charge in [-0.15, -0.1) is 0 Å². The average molecular weight is 355 g/mol. The predicted octanol–water partition coefficient (Wildman–Crippen LogP) is 4.04. The molecule has 26 heavy (non-hydrogen) atoms. The van der Waals surface area contributed by atoms with Crippen LogP contribution in [0.1, 0.15) is 5.56 Å². The van der Waals surface area contributed by atoms with Crippen molar-refractivity contribution in [1.29, 1.82) is 0 Å². The van der Waals surface area contributed by atoms with E-state index < -0.39 is 10.7 Å². The molecule has 0 atom stereocenters. The van der Waals surface area contributed by atoms with Crippen molar-refractivity contribution in [3.63, 3.8) is 0 Å². The number of benzene rings is 2. The summed E-state index contributed by atoms with van der Waals surface area (Å²) in [5.41, 5.74) is 1.46. The molecule has 0 fully saturated rings. The lowest BCUT2D eigenvalue weighted by molar-refractivity contribution is -0.383. The molecule has 4 aromatic rings. The summed E-state index contributed by atoms with van der Waals surface area (Å²) < 4.78 is 23.6. The first-order valence-corrected chi connectivity index (χ1v) is 7.41. The molecular formula is C16H10FN5O4. The number of nitro benzene ring substituents is 1. The maximum absolute atomic E-state index is 13.5. The van der Waals surface area contributed by atoms with Crippen molar-refractivity contribution in [1.82, 2.24) is 15.3 Å². The highest BCUT2D eigenvalue weighted by Gasteiger charge is 2.26. The quantitative estimate of drug-likeness (QED) is 0.398. The number of anilines is 3. The summed E-state index contributed by atoms with van der Waals surface area (Å²) in [5.74, 6) is -0.393. The Bertz CT molecular complexity index is 1110. The molecule has 0 amide bonds. The van der Waals surface area contributed by atoms with E-state index in [4.69, 9.17) is 9.05 Å². The zero-order valence-corrected chi connectivity index (χ0v) is 13.3. The molecule has 0 aliphatic carbocycles. The first-order chi connectivity index (χ1) is 12.6. The van der Waals surface area contributed by atoms with Crippen LogP contribution >= 0.6 is 0 Å². The van der Waals surface area contributed by atoms with Crippen LogP contribution in [0.25, 0.3) is 11.0 Å². The van der Waals surface area contributed by atoms with Crippen molar-refractivity contribution < 1.29 is 18.4 Å². The van der Waals surface area contributed by atoms with E-state index in [1.807, 2.05) is 0 Å². The molecule has 0 aliphatic heterocycles. The van der Waals surface area contributed by atoms with Crippen LogP contribution in [0.4, 0.5) is 27.5 Å². The van der Waals surface area contributed by atoms with Crippen LogP contribution in [0, 0.1) is 22.9 Å². The van der Waals surface area contributed by atoms with E-state index in [1.165, 1.54) is 36.7 Å². The number of non-ortho nitro benzene ring substituents is 1. The van der Waals surface area contributed by atoms with Gasteiger partial charge in [0.05, 0.1) is 22.5 Å². The van der Waals surface area contributed by atoms with Crippen LogP contribution in [-0.4, -0.2) is 20.2 Å². The fourth-order valence-electron chi connectivity index (χ4n) is 2.70. The van der Waals surface area contributed by atoms with Crippen LogP contribution in [0.3, 0.4) is 0 Å². The maximum atomic E-state index is 13.5. The summed E-state index contributed by atoms with van der Waals surface area (Å²) in [6, 6.07) is 7.15. The van der Waals surface area contributed by atoms with E-state index in [0.29, 0.717) is 16.9 Å². The molecule has 4 rings (SSSR count). The molecule has 0 saturated carbocycles. The van der Waals surface area contributed by atoms with E-state index in [-0.39, 0.29) is 22.7 Å². The molecule has 10 heteroatoms. The molecular weight excluding hydrogens is 345 g/mol. The largest absolute Gasteiger partial charge is 0.432 e. The molecule has 0 saturated heterocycles. The fraction of sp³-hybridized carbons (Fsp3) is 0.0625. The standard InChI is InChI=1S/C16H10FN5O4/c1-9-8-10(17)2-3-11(9)21(16-18-6-7-25-16)12-4-5-13(22(23)24)15-14(12)19-26-20-15/h2-8H,1H3. The molecule has 0 aliphatic rings. The number of rotatable bonds is 4. The lowest BCUT2D eigenvalue weighted by Gasteiger charge is -2.22. The fourth-order valence-corrected chi connectivity index (χ4v) is 2.70. The Morgan fingerprint density at radius 1 is 1.15 bits per heavy atom. The minimum atomic E-state index is -0.574. The average Bonchev–Trinajstić information content (AvgIpc) is 3.28. The Morgan fingerprint density at radius 2 is 1.92 bits per heavy atom. The number of hydrogen-bond donors (Lipinski definition) is 0. The van der Waals surface area contributed by atoms with Crippen molar-refractivity contribution in [2.75, 3.05) is 4.90 Å². The molecule has 0 unspecified atom stereocenters. The second-order valence-corrected chi connectivity index (χ2v) is 5.40. The molecule has 2 aromatic heterocycles. The Kier molecular flexibility index (Phi) is 3.57. The Labute approximate surface area is 144 Å². The summed E-state index contributed by atoms with van der Waals surface area (Å²) in [6.45, 7) is 1.72. The van der Waals surface area contributed by atoms with Crippen LogP contribution in [0.5, 0.6) is 0 Å².